The average molecular weight is 382 g/mol. The van der Waals surface area contributed by atoms with Crippen molar-refractivity contribution in [2.45, 2.75) is 25.9 Å². The minimum atomic E-state index is -0.578. The normalized spacial score (nSPS) is 13.4. The Morgan fingerprint density at radius 3 is 2.43 bits per heavy atom. The van der Waals surface area contributed by atoms with Crippen molar-refractivity contribution in [1.82, 2.24) is 10.2 Å². The van der Waals surface area contributed by atoms with E-state index in [0.717, 1.165) is 42.8 Å². The minimum Gasteiger partial charge on any atom is -0.483 e. The number of carbonyl (C=O) groups excluding carboxylic acids is 2. The molecule has 0 spiro atoms. The SMILES string of the molecule is NC(=O)Nc1ccc(CNCc2ccccc2OCC(=O)N2CCCC2)cc1. The van der Waals surface area contributed by atoms with Gasteiger partial charge >= 0.3 is 6.03 Å². The number of ether oxygens (including phenoxy) is 1. The summed E-state index contributed by atoms with van der Waals surface area (Å²) >= 11 is 0. The number of anilines is 1. The van der Waals surface area contributed by atoms with E-state index >= 15 is 0 Å². The van der Waals surface area contributed by atoms with Crippen LogP contribution in [0.2, 0.25) is 0 Å². The van der Waals surface area contributed by atoms with E-state index < -0.39 is 6.03 Å². The molecule has 4 N–H and O–H groups in total. The molecule has 0 atom stereocenters. The first-order chi connectivity index (χ1) is 13.6. The minimum absolute atomic E-state index is 0.0462. The van der Waals surface area contributed by atoms with E-state index in [1.807, 2.05) is 53.4 Å². The Balaban J connectivity index is 1.49. The maximum Gasteiger partial charge on any atom is 0.316 e. The van der Waals surface area contributed by atoms with Gasteiger partial charge in [0.15, 0.2) is 6.61 Å². The molecule has 0 radical (unpaired) electrons. The van der Waals surface area contributed by atoms with Crippen LogP contribution < -0.4 is 21.1 Å². The predicted molar refractivity (Wildman–Crippen MR) is 108 cm³/mol. The molecular weight excluding hydrogens is 356 g/mol. The zero-order valence-electron chi connectivity index (χ0n) is 15.8. The molecule has 1 aliphatic heterocycles. The number of nitrogens with two attached hydrogens (primary N) is 1. The Hall–Kier alpha value is -3.06. The van der Waals surface area contributed by atoms with E-state index in [1.54, 1.807) is 0 Å². The van der Waals surface area contributed by atoms with Crippen LogP contribution in [0.15, 0.2) is 48.5 Å². The number of nitrogens with one attached hydrogen (secondary N) is 2. The van der Waals surface area contributed by atoms with E-state index in [0.29, 0.717) is 18.8 Å². The number of rotatable bonds is 8. The van der Waals surface area contributed by atoms with Crippen LogP contribution in [-0.2, 0) is 17.9 Å². The van der Waals surface area contributed by atoms with E-state index in [-0.39, 0.29) is 12.5 Å². The largest absolute Gasteiger partial charge is 0.483 e. The second-order valence-electron chi connectivity index (χ2n) is 6.77. The third kappa shape index (κ3) is 5.72. The van der Waals surface area contributed by atoms with Crippen molar-refractivity contribution in [2.24, 2.45) is 5.73 Å². The van der Waals surface area contributed by atoms with Gasteiger partial charge in [-0.15, -0.1) is 0 Å². The molecule has 2 aromatic carbocycles. The Morgan fingerprint density at radius 1 is 1.00 bits per heavy atom. The third-order valence-corrected chi connectivity index (χ3v) is 4.65. The number of amides is 3. The van der Waals surface area contributed by atoms with Gasteiger partial charge in [-0.1, -0.05) is 30.3 Å². The van der Waals surface area contributed by atoms with Crippen LogP contribution in [0.1, 0.15) is 24.0 Å². The molecular formula is C21H26N4O3. The Labute approximate surface area is 164 Å². The lowest BCUT2D eigenvalue weighted by Crippen LogP contribution is -2.32. The van der Waals surface area contributed by atoms with Gasteiger partial charge in [-0.25, -0.2) is 4.79 Å². The molecule has 0 aromatic heterocycles. The third-order valence-electron chi connectivity index (χ3n) is 4.65. The number of primary amides is 1. The van der Waals surface area contributed by atoms with Crippen LogP contribution in [0.3, 0.4) is 0 Å². The summed E-state index contributed by atoms with van der Waals surface area (Å²) in [6, 6.07) is 14.6. The van der Waals surface area contributed by atoms with Crippen LogP contribution in [-0.4, -0.2) is 36.5 Å². The summed E-state index contributed by atoms with van der Waals surface area (Å²) in [7, 11) is 0. The van der Waals surface area contributed by atoms with Crippen molar-refractivity contribution in [3.63, 3.8) is 0 Å². The maximum absolute atomic E-state index is 12.2. The van der Waals surface area contributed by atoms with Gasteiger partial charge in [0.25, 0.3) is 5.91 Å². The standard InChI is InChI=1S/C21H26N4O3/c22-21(27)24-18-9-7-16(8-10-18)13-23-14-17-5-1-2-6-19(17)28-15-20(26)25-11-3-4-12-25/h1-2,5-10,23H,3-4,11-15H2,(H3,22,24,27). The molecule has 3 amide bonds. The molecule has 0 unspecified atom stereocenters. The molecule has 148 valence electrons. The number of hydrogen-bond acceptors (Lipinski definition) is 4. The summed E-state index contributed by atoms with van der Waals surface area (Å²) in [5.41, 5.74) is 7.85. The smallest absolute Gasteiger partial charge is 0.316 e. The molecule has 2 aromatic rings. The first kappa shape index (κ1) is 19.7. The second kappa shape index (κ2) is 9.75. The van der Waals surface area contributed by atoms with Gasteiger partial charge in [0, 0.05) is 37.4 Å². The van der Waals surface area contributed by atoms with Crippen molar-refractivity contribution in [3.8, 4) is 5.75 Å². The first-order valence-electron chi connectivity index (χ1n) is 9.46. The lowest BCUT2D eigenvalue weighted by atomic mass is 10.1. The number of carbonyl (C=O) groups is 2. The summed E-state index contributed by atoms with van der Waals surface area (Å²) in [4.78, 5) is 24.9. The van der Waals surface area contributed by atoms with E-state index in [4.69, 9.17) is 10.5 Å². The van der Waals surface area contributed by atoms with Crippen LogP contribution in [0.4, 0.5) is 10.5 Å². The molecule has 28 heavy (non-hydrogen) atoms. The molecule has 7 heteroatoms. The molecule has 7 nitrogen and oxygen atoms in total. The van der Waals surface area contributed by atoms with Crippen LogP contribution in [0.25, 0.3) is 0 Å². The van der Waals surface area contributed by atoms with Crippen molar-refractivity contribution >= 4 is 17.6 Å². The number of nitrogens with zero attached hydrogens (tertiary/aromatic N) is 1. The van der Waals surface area contributed by atoms with Gasteiger partial charge < -0.3 is 26.0 Å². The highest BCUT2D eigenvalue weighted by atomic mass is 16.5. The van der Waals surface area contributed by atoms with Crippen LogP contribution >= 0.6 is 0 Å². The molecule has 0 bridgehead atoms. The van der Waals surface area contributed by atoms with Crippen molar-refractivity contribution < 1.29 is 14.3 Å². The topological polar surface area (TPSA) is 96.7 Å². The highest BCUT2D eigenvalue weighted by Crippen LogP contribution is 2.19. The molecule has 1 aliphatic rings. The number of urea groups is 1. The van der Waals surface area contributed by atoms with Crippen molar-refractivity contribution in [2.75, 3.05) is 25.0 Å². The number of para-hydroxylation sites is 1. The number of benzene rings is 2. The van der Waals surface area contributed by atoms with Crippen LogP contribution in [0.5, 0.6) is 5.75 Å². The summed E-state index contributed by atoms with van der Waals surface area (Å²) in [6.45, 7) is 3.02. The Bertz CT molecular complexity index is 802. The lowest BCUT2D eigenvalue weighted by molar-refractivity contribution is -0.132. The Kier molecular flexibility index (Phi) is 6.86. The van der Waals surface area contributed by atoms with Gasteiger partial charge in [0.2, 0.25) is 0 Å². The van der Waals surface area contributed by atoms with Gasteiger partial charge in [0.1, 0.15) is 5.75 Å². The fourth-order valence-electron chi connectivity index (χ4n) is 3.18. The first-order valence-corrected chi connectivity index (χ1v) is 9.46. The van der Waals surface area contributed by atoms with Gasteiger partial charge in [-0.05, 0) is 36.6 Å². The van der Waals surface area contributed by atoms with E-state index in [1.165, 1.54) is 0 Å². The average Bonchev–Trinajstić information content (AvgIpc) is 3.23. The molecule has 1 saturated heterocycles. The predicted octanol–water partition coefficient (Wildman–Crippen LogP) is 2.47. The molecule has 0 saturated carbocycles. The summed E-state index contributed by atoms with van der Waals surface area (Å²) in [5.74, 6) is 0.772. The van der Waals surface area contributed by atoms with Crippen molar-refractivity contribution in [3.05, 3.63) is 59.7 Å². The van der Waals surface area contributed by atoms with E-state index in [2.05, 4.69) is 10.6 Å². The highest BCUT2D eigenvalue weighted by Gasteiger charge is 2.18. The maximum atomic E-state index is 12.2. The molecule has 0 aliphatic carbocycles. The summed E-state index contributed by atoms with van der Waals surface area (Å²) < 4.78 is 5.78. The second-order valence-corrected chi connectivity index (χ2v) is 6.77. The molecule has 3 rings (SSSR count). The van der Waals surface area contributed by atoms with Gasteiger partial charge in [-0.3, -0.25) is 4.79 Å². The monoisotopic (exact) mass is 382 g/mol. The quantitative estimate of drug-likeness (QED) is 0.653. The van der Waals surface area contributed by atoms with Gasteiger partial charge in [-0.2, -0.15) is 0 Å². The molecule has 1 fully saturated rings. The van der Waals surface area contributed by atoms with Crippen LogP contribution in [0, 0.1) is 0 Å². The fourth-order valence-corrected chi connectivity index (χ4v) is 3.18. The number of likely N-dealkylation sites (tertiary alicyclic amines) is 1. The fraction of sp³-hybridized carbons (Fsp3) is 0.333. The lowest BCUT2D eigenvalue weighted by Gasteiger charge is -2.17. The summed E-state index contributed by atoms with van der Waals surface area (Å²) in [5, 5.41) is 5.91. The Morgan fingerprint density at radius 2 is 1.71 bits per heavy atom. The van der Waals surface area contributed by atoms with Gasteiger partial charge in [0.05, 0.1) is 0 Å². The van der Waals surface area contributed by atoms with E-state index in [9.17, 15) is 9.59 Å². The highest BCUT2D eigenvalue weighted by molar-refractivity contribution is 5.87. The summed E-state index contributed by atoms with van der Waals surface area (Å²) in [6.07, 6.45) is 2.15. The number of hydrogen-bond donors (Lipinski definition) is 3. The zero-order valence-corrected chi connectivity index (χ0v) is 15.8. The molecule has 1 heterocycles. The van der Waals surface area contributed by atoms with Crippen molar-refractivity contribution in [1.29, 1.82) is 0 Å². The zero-order chi connectivity index (χ0) is 19.8.